The molecule has 1 aliphatic heterocycles. The van der Waals surface area contributed by atoms with Gasteiger partial charge >= 0.3 is 0 Å². The minimum atomic E-state index is 0.285. The largest absolute Gasteiger partial charge is 0.353 e. The lowest BCUT2D eigenvalue weighted by atomic mass is 9.98. The van der Waals surface area contributed by atoms with E-state index in [9.17, 15) is 0 Å². The molecule has 102 valence electrons. The Morgan fingerprint density at radius 3 is 3.16 bits per heavy atom. The molecular weight excluding hydrogens is 262 g/mol. The minimum absolute atomic E-state index is 0.285. The molecule has 0 saturated carbocycles. The Morgan fingerprint density at radius 2 is 2.32 bits per heavy atom. The summed E-state index contributed by atoms with van der Waals surface area (Å²) in [6, 6.07) is 0.558. The number of nitrogens with one attached hydrogen (secondary N) is 1. The Kier molecular flexibility index (Phi) is 3.55. The zero-order valence-electron chi connectivity index (χ0n) is 11.1. The van der Waals surface area contributed by atoms with E-state index in [2.05, 4.69) is 32.0 Å². The van der Waals surface area contributed by atoms with Crippen molar-refractivity contribution in [2.45, 2.75) is 45.1 Å². The molecule has 19 heavy (non-hydrogen) atoms. The highest BCUT2D eigenvalue weighted by Crippen LogP contribution is 2.31. The second-order valence-corrected chi connectivity index (χ2v) is 5.42. The van der Waals surface area contributed by atoms with E-state index >= 15 is 0 Å². The zero-order chi connectivity index (χ0) is 13.2. The van der Waals surface area contributed by atoms with Gasteiger partial charge in [0.1, 0.15) is 5.82 Å². The number of hydrogen-bond donors (Lipinski definition) is 1. The molecule has 0 aromatic carbocycles. The lowest BCUT2D eigenvalue weighted by molar-refractivity contribution is 0.433. The van der Waals surface area contributed by atoms with Crippen LogP contribution in [0.3, 0.4) is 0 Å². The Bertz CT molecular complexity index is 565. The topological polar surface area (TPSA) is 57.7 Å². The summed E-state index contributed by atoms with van der Waals surface area (Å²) in [5.41, 5.74) is 0.718. The third-order valence-electron chi connectivity index (χ3n) is 3.78. The molecule has 1 aliphatic rings. The highest BCUT2D eigenvalue weighted by Gasteiger charge is 2.25. The number of piperidine rings is 1. The second kappa shape index (κ2) is 5.33. The lowest BCUT2D eigenvalue weighted by Crippen LogP contribution is -2.40. The predicted octanol–water partition coefficient (Wildman–Crippen LogP) is 3.17. The maximum Gasteiger partial charge on any atom is 0.226 e. The Labute approximate surface area is 117 Å². The van der Waals surface area contributed by atoms with Crippen molar-refractivity contribution in [2.75, 3.05) is 11.4 Å². The first-order valence-electron chi connectivity index (χ1n) is 6.93. The molecule has 1 atom stereocenters. The summed E-state index contributed by atoms with van der Waals surface area (Å²) in [6.07, 6.45) is 7.92. The van der Waals surface area contributed by atoms with Crippen LogP contribution in [-0.4, -0.2) is 32.8 Å². The molecule has 3 heterocycles. The summed E-state index contributed by atoms with van der Waals surface area (Å²) in [5.74, 6) is 0.932. The first-order chi connectivity index (χ1) is 9.29. The molecular formula is C13H18ClN5. The summed E-state index contributed by atoms with van der Waals surface area (Å²) in [5, 5.41) is 8.18. The van der Waals surface area contributed by atoms with Gasteiger partial charge in [-0.25, -0.2) is 0 Å². The standard InChI is InChI=1S/C13H18ClN5/c1-2-5-9-6-3-4-7-19(9)12-10-8-15-18-11(10)16-13(14)17-12/h8-9H,2-7H2,1H3,(H,15,16,17,18). The molecule has 1 N–H and O–H groups in total. The fourth-order valence-corrected chi connectivity index (χ4v) is 3.09. The molecule has 0 spiro atoms. The van der Waals surface area contributed by atoms with E-state index < -0.39 is 0 Å². The Balaban J connectivity index is 2.03. The molecule has 1 saturated heterocycles. The Hall–Kier alpha value is -1.36. The number of H-pyrrole nitrogens is 1. The summed E-state index contributed by atoms with van der Waals surface area (Å²) in [4.78, 5) is 11.0. The fraction of sp³-hybridized carbons (Fsp3) is 0.615. The highest BCUT2D eigenvalue weighted by molar-refractivity contribution is 6.28. The van der Waals surface area contributed by atoms with E-state index in [1.165, 1.54) is 32.1 Å². The second-order valence-electron chi connectivity index (χ2n) is 5.08. The average Bonchev–Trinajstić information content (AvgIpc) is 2.87. The summed E-state index contributed by atoms with van der Waals surface area (Å²) < 4.78 is 0. The van der Waals surface area contributed by atoms with Gasteiger partial charge < -0.3 is 4.90 Å². The number of aromatic nitrogens is 4. The average molecular weight is 280 g/mol. The van der Waals surface area contributed by atoms with Crippen LogP contribution in [0.4, 0.5) is 5.82 Å². The molecule has 3 rings (SSSR count). The van der Waals surface area contributed by atoms with Crippen LogP contribution >= 0.6 is 11.6 Å². The summed E-state index contributed by atoms with van der Waals surface area (Å²) in [7, 11) is 0. The fourth-order valence-electron chi connectivity index (χ4n) is 2.92. The minimum Gasteiger partial charge on any atom is -0.353 e. The van der Waals surface area contributed by atoms with Crippen LogP contribution < -0.4 is 4.90 Å². The van der Waals surface area contributed by atoms with E-state index in [4.69, 9.17) is 11.6 Å². The number of halogens is 1. The van der Waals surface area contributed by atoms with E-state index in [0.717, 1.165) is 23.4 Å². The van der Waals surface area contributed by atoms with Gasteiger partial charge in [0, 0.05) is 12.6 Å². The van der Waals surface area contributed by atoms with Gasteiger partial charge in [-0.15, -0.1) is 0 Å². The maximum atomic E-state index is 6.03. The smallest absolute Gasteiger partial charge is 0.226 e. The van der Waals surface area contributed by atoms with E-state index in [-0.39, 0.29) is 5.28 Å². The van der Waals surface area contributed by atoms with Crippen molar-refractivity contribution in [3.05, 3.63) is 11.5 Å². The van der Waals surface area contributed by atoms with Crippen LogP contribution in [-0.2, 0) is 0 Å². The van der Waals surface area contributed by atoms with Gasteiger partial charge in [0.15, 0.2) is 5.65 Å². The predicted molar refractivity (Wildman–Crippen MR) is 76.6 cm³/mol. The van der Waals surface area contributed by atoms with Crippen molar-refractivity contribution in [1.82, 2.24) is 20.2 Å². The molecule has 2 aromatic rings. The Morgan fingerprint density at radius 1 is 1.42 bits per heavy atom. The van der Waals surface area contributed by atoms with Gasteiger partial charge in [0.2, 0.25) is 5.28 Å². The van der Waals surface area contributed by atoms with Crippen LogP contribution in [0, 0.1) is 0 Å². The molecule has 1 unspecified atom stereocenters. The van der Waals surface area contributed by atoms with Crippen LogP contribution in [0.5, 0.6) is 0 Å². The van der Waals surface area contributed by atoms with Crippen molar-refractivity contribution in [3.63, 3.8) is 0 Å². The lowest BCUT2D eigenvalue weighted by Gasteiger charge is -2.36. The van der Waals surface area contributed by atoms with Crippen LogP contribution in [0.15, 0.2) is 6.20 Å². The van der Waals surface area contributed by atoms with E-state index in [1.807, 2.05) is 0 Å². The molecule has 0 radical (unpaired) electrons. The van der Waals surface area contributed by atoms with Crippen molar-refractivity contribution >= 4 is 28.5 Å². The molecule has 0 amide bonds. The molecule has 5 nitrogen and oxygen atoms in total. The molecule has 2 aromatic heterocycles. The van der Waals surface area contributed by atoms with Gasteiger partial charge in [-0.2, -0.15) is 15.1 Å². The van der Waals surface area contributed by atoms with Crippen molar-refractivity contribution in [3.8, 4) is 0 Å². The summed E-state index contributed by atoms with van der Waals surface area (Å²) in [6.45, 7) is 3.27. The highest BCUT2D eigenvalue weighted by atomic mass is 35.5. The van der Waals surface area contributed by atoms with Gasteiger partial charge in [-0.1, -0.05) is 13.3 Å². The van der Waals surface area contributed by atoms with E-state index in [1.54, 1.807) is 6.20 Å². The first kappa shape index (κ1) is 12.7. The third kappa shape index (κ3) is 2.39. The van der Waals surface area contributed by atoms with Crippen molar-refractivity contribution in [2.24, 2.45) is 0 Å². The van der Waals surface area contributed by atoms with E-state index in [0.29, 0.717) is 6.04 Å². The monoisotopic (exact) mass is 279 g/mol. The maximum absolute atomic E-state index is 6.03. The number of hydrogen-bond acceptors (Lipinski definition) is 4. The van der Waals surface area contributed by atoms with Crippen LogP contribution in [0.2, 0.25) is 5.28 Å². The van der Waals surface area contributed by atoms with Gasteiger partial charge in [-0.3, -0.25) is 5.10 Å². The van der Waals surface area contributed by atoms with Crippen molar-refractivity contribution < 1.29 is 0 Å². The molecule has 0 aliphatic carbocycles. The third-order valence-corrected chi connectivity index (χ3v) is 3.95. The number of fused-ring (bicyclic) bond motifs is 1. The molecule has 6 heteroatoms. The normalized spacial score (nSPS) is 20.1. The first-order valence-corrected chi connectivity index (χ1v) is 7.30. The quantitative estimate of drug-likeness (QED) is 0.877. The zero-order valence-corrected chi connectivity index (χ0v) is 11.8. The number of nitrogens with zero attached hydrogens (tertiary/aromatic N) is 4. The van der Waals surface area contributed by atoms with Crippen LogP contribution in [0.1, 0.15) is 39.0 Å². The van der Waals surface area contributed by atoms with Crippen LogP contribution in [0.25, 0.3) is 11.0 Å². The number of aromatic amines is 1. The van der Waals surface area contributed by atoms with Gasteiger partial charge in [-0.05, 0) is 37.3 Å². The molecule has 0 bridgehead atoms. The summed E-state index contributed by atoms with van der Waals surface area (Å²) >= 11 is 6.03. The SMILES string of the molecule is CCCC1CCCCN1c1nc(Cl)nc2[nH]ncc12. The van der Waals surface area contributed by atoms with Gasteiger partial charge in [0.25, 0.3) is 0 Å². The van der Waals surface area contributed by atoms with Gasteiger partial charge in [0.05, 0.1) is 11.6 Å². The number of anilines is 1. The number of rotatable bonds is 3. The molecule has 1 fully saturated rings. The van der Waals surface area contributed by atoms with Crippen molar-refractivity contribution in [1.29, 1.82) is 0 Å².